The summed E-state index contributed by atoms with van der Waals surface area (Å²) in [4.78, 5) is 0. The molecular weight excluding hydrogens is 198 g/mol. The summed E-state index contributed by atoms with van der Waals surface area (Å²) in [6.45, 7) is 4.41. The molecule has 1 heterocycles. The third-order valence-electron chi connectivity index (χ3n) is 3.67. The summed E-state index contributed by atoms with van der Waals surface area (Å²) < 4.78 is 1.99. The van der Waals surface area contributed by atoms with Crippen molar-refractivity contribution in [3.63, 3.8) is 0 Å². The van der Waals surface area contributed by atoms with Crippen molar-refractivity contribution in [1.29, 1.82) is 0 Å². The molecule has 0 radical (unpaired) electrons. The SMILES string of the molecule is CC1CCCCCC1NCCn1cccn1. The molecule has 3 heteroatoms. The Labute approximate surface area is 98.2 Å². The molecule has 2 atom stereocenters. The van der Waals surface area contributed by atoms with E-state index in [1.54, 1.807) is 0 Å². The van der Waals surface area contributed by atoms with Gasteiger partial charge >= 0.3 is 0 Å². The van der Waals surface area contributed by atoms with Gasteiger partial charge in [0.25, 0.3) is 0 Å². The molecule has 1 aromatic heterocycles. The van der Waals surface area contributed by atoms with Crippen molar-refractivity contribution in [3.05, 3.63) is 18.5 Å². The van der Waals surface area contributed by atoms with Gasteiger partial charge < -0.3 is 5.32 Å². The van der Waals surface area contributed by atoms with Crippen molar-refractivity contribution in [1.82, 2.24) is 15.1 Å². The smallest absolute Gasteiger partial charge is 0.0534 e. The maximum absolute atomic E-state index is 4.21. The van der Waals surface area contributed by atoms with E-state index in [-0.39, 0.29) is 0 Å². The highest BCUT2D eigenvalue weighted by Gasteiger charge is 2.18. The molecule has 2 rings (SSSR count). The van der Waals surface area contributed by atoms with Gasteiger partial charge in [-0.15, -0.1) is 0 Å². The third-order valence-corrected chi connectivity index (χ3v) is 3.67. The van der Waals surface area contributed by atoms with Crippen LogP contribution < -0.4 is 5.32 Å². The zero-order valence-corrected chi connectivity index (χ0v) is 10.2. The molecule has 2 unspecified atom stereocenters. The normalized spacial score (nSPS) is 26.6. The second kappa shape index (κ2) is 6.04. The predicted octanol–water partition coefficient (Wildman–Crippen LogP) is 2.44. The van der Waals surface area contributed by atoms with E-state index in [2.05, 4.69) is 17.3 Å². The molecule has 3 nitrogen and oxygen atoms in total. The van der Waals surface area contributed by atoms with Gasteiger partial charge in [-0.25, -0.2) is 0 Å². The van der Waals surface area contributed by atoms with Crippen molar-refractivity contribution in [2.24, 2.45) is 5.92 Å². The molecule has 0 bridgehead atoms. The van der Waals surface area contributed by atoms with E-state index in [0.29, 0.717) is 0 Å². The molecule has 1 fully saturated rings. The first-order chi connectivity index (χ1) is 7.86. The van der Waals surface area contributed by atoms with Crippen LogP contribution in [0.2, 0.25) is 0 Å². The third kappa shape index (κ3) is 3.34. The Hall–Kier alpha value is -0.830. The standard InChI is InChI=1S/C13H23N3/c1-12-6-3-2-4-7-13(12)14-9-11-16-10-5-8-15-16/h5,8,10,12-14H,2-4,6-7,9,11H2,1H3. The van der Waals surface area contributed by atoms with E-state index >= 15 is 0 Å². The largest absolute Gasteiger partial charge is 0.312 e. The first-order valence-corrected chi connectivity index (χ1v) is 6.57. The Morgan fingerprint density at radius 2 is 2.19 bits per heavy atom. The molecule has 1 aliphatic carbocycles. The van der Waals surface area contributed by atoms with Crippen LogP contribution in [0, 0.1) is 5.92 Å². The Balaban J connectivity index is 1.71. The summed E-state index contributed by atoms with van der Waals surface area (Å²) in [7, 11) is 0. The fourth-order valence-electron chi connectivity index (χ4n) is 2.59. The van der Waals surface area contributed by atoms with E-state index in [0.717, 1.165) is 25.0 Å². The lowest BCUT2D eigenvalue weighted by Gasteiger charge is -2.22. The molecule has 1 aromatic rings. The minimum absolute atomic E-state index is 0.720. The van der Waals surface area contributed by atoms with Crippen LogP contribution >= 0.6 is 0 Å². The van der Waals surface area contributed by atoms with Crippen LogP contribution in [-0.2, 0) is 6.54 Å². The maximum atomic E-state index is 4.21. The van der Waals surface area contributed by atoms with Crippen LogP contribution in [0.3, 0.4) is 0 Å². The summed E-state index contributed by atoms with van der Waals surface area (Å²) in [6.07, 6.45) is 10.8. The summed E-state index contributed by atoms with van der Waals surface area (Å²) >= 11 is 0. The number of nitrogens with zero attached hydrogens (tertiary/aromatic N) is 2. The highest BCUT2D eigenvalue weighted by molar-refractivity contribution is 4.79. The molecule has 0 saturated heterocycles. The van der Waals surface area contributed by atoms with Crippen LogP contribution in [0.15, 0.2) is 18.5 Å². The van der Waals surface area contributed by atoms with Gasteiger partial charge in [-0.1, -0.05) is 26.2 Å². The molecular formula is C13H23N3. The lowest BCUT2D eigenvalue weighted by Crippen LogP contribution is -2.36. The lowest BCUT2D eigenvalue weighted by molar-refractivity contribution is 0.349. The molecule has 16 heavy (non-hydrogen) atoms. The number of hydrogen-bond donors (Lipinski definition) is 1. The van der Waals surface area contributed by atoms with Gasteiger partial charge in [0.05, 0.1) is 6.54 Å². The minimum atomic E-state index is 0.720. The molecule has 1 N–H and O–H groups in total. The Bertz CT molecular complexity index is 281. The summed E-state index contributed by atoms with van der Waals surface area (Å²) in [5, 5.41) is 7.90. The molecule has 1 saturated carbocycles. The second-order valence-corrected chi connectivity index (χ2v) is 4.95. The molecule has 1 aliphatic rings. The van der Waals surface area contributed by atoms with Crippen LogP contribution in [-0.4, -0.2) is 22.4 Å². The number of hydrogen-bond acceptors (Lipinski definition) is 2. The van der Waals surface area contributed by atoms with Crippen molar-refractivity contribution in [2.75, 3.05) is 6.54 Å². The molecule has 0 aromatic carbocycles. The number of nitrogens with one attached hydrogen (secondary N) is 1. The number of rotatable bonds is 4. The van der Waals surface area contributed by atoms with Gasteiger partial charge in [0.1, 0.15) is 0 Å². The van der Waals surface area contributed by atoms with Crippen molar-refractivity contribution in [3.8, 4) is 0 Å². The fourth-order valence-corrected chi connectivity index (χ4v) is 2.59. The first-order valence-electron chi connectivity index (χ1n) is 6.57. The van der Waals surface area contributed by atoms with Crippen LogP contribution in [0.1, 0.15) is 39.0 Å². The molecule has 0 aliphatic heterocycles. The Kier molecular flexibility index (Phi) is 4.40. The molecule has 0 amide bonds. The predicted molar refractivity (Wildman–Crippen MR) is 66.3 cm³/mol. The molecule has 90 valence electrons. The van der Waals surface area contributed by atoms with Crippen LogP contribution in [0.4, 0.5) is 0 Å². The molecule has 0 spiro atoms. The highest BCUT2D eigenvalue weighted by Crippen LogP contribution is 2.22. The van der Waals surface area contributed by atoms with E-state index in [1.807, 2.05) is 23.1 Å². The maximum Gasteiger partial charge on any atom is 0.0534 e. The minimum Gasteiger partial charge on any atom is -0.312 e. The average molecular weight is 221 g/mol. The summed E-state index contributed by atoms with van der Waals surface area (Å²) in [6, 6.07) is 2.70. The topological polar surface area (TPSA) is 29.9 Å². The Morgan fingerprint density at radius 3 is 3.00 bits per heavy atom. The Morgan fingerprint density at radius 1 is 1.31 bits per heavy atom. The second-order valence-electron chi connectivity index (χ2n) is 4.95. The van der Waals surface area contributed by atoms with Gasteiger partial charge in [-0.05, 0) is 24.8 Å². The average Bonchev–Trinajstić information content (AvgIpc) is 2.71. The van der Waals surface area contributed by atoms with Gasteiger partial charge in [0.2, 0.25) is 0 Å². The highest BCUT2D eigenvalue weighted by atomic mass is 15.3. The van der Waals surface area contributed by atoms with Gasteiger partial charge in [0, 0.05) is 25.0 Å². The first kappa shape index (κ1) is 11.6. The van der Waals surface area contributed by atoms with Crippen LogP contribution in [0.25, 0.3) is 0 Å². The van der Waals surface area contributed by atoms with Gasteiger partial charge in [-0.3, -0.25) is 4.68 Å². The summed E-state index contributed by atoms with van der Waals surface area (Å²) in [5.41, 5.74) is 0. The summed E-state index contributed by atoms with van der Waals surface area (Å²) in [5.74, 6) is 0.833. The van der Waals surface area contributed by atoms with Crippen LogP contribution in [0.5, 0.6) is 0 Å². The van der Waals surface area contributed by atoms with E-state index in [1.165, 1.54) is 32.1 Å². The number of aromatic nitrogens is 2. The van der Waals surface area contributed by atoms with Gasteiger partial charge in [-0.2, -0.15) is 5.10 Å². The zero-order chi connectivity index (χ0) is 11.2. The quantitative estimate of drug-likeness (QED) is 0.791. The van der Waals surface area contributed by atoms with E-state index in [9.17, 15) is 0 Å². The van der Waals surface area contributed by atoms with Gasteiger partial charge in [0.15, 0.2) is 0 Å². The van der Waals surface area contributed by atoms with Crippen molar-refractivity contribution in [2.45, 2.75) is 51.6 Å². The van der Waals surface area contributed by atoms with Crippen molar-refractivity contribution >= 4 is 0 Å². The van der Waals surface area contributed by atoms with E-state index in [4.69, 9.17) is 0 Å². The van der Waals surface area contributed by atoms with E-state index < -0.39 is 0 Å². The monoisotopic (exact) mass is 221 g/mol. The fraction of sp³-hybridized carbons (Fsp3) is 0.769. The zero-order valence-electron chi connectivity index (χ0n) is 10.2. The van der Waals surface area contributed by atoms with Crippen molar-refractivity contribution < 1.29 is 0 Å². The lowest BCUT2D eigenvalue weighted by atomic mass is 9.97.